The third kappa shape index (κ3) is 1.67. The number of benzene rings is 4. The molecule has 36 heavy (non-hydrogen) atoms. The van der Waals surface area contributed by atoms with E-state index in [-0.39, 0.29) is 5.92 Å². The molecule has 2 unspecified atom stereocenters. The number of phenolic OH excluding ortho intramolecular Hbond substituents is 1. The van der Waals surface area contributed by atoms with Crippen LogP contribution in [0.3, 0.4) is 0 Å². The highest BCUT2D eigenvalue weighted by molar-refractivity contribution is 7.92. The van der Waals surface area contributed by atoms with E-state index in [1.165, 1.54) is 86.8 Å². The van der Waals surface area contributed by atoms with Crippen LogP contribution in [0.15, 0.2) is 22.5 Å². The highest BCUT2D eigenvalue weighted by Crippen LogP contribution is 2.59. The first-order valence-electron chi connectivity index (χ1n) is 12.8. The van der Waals surface area contributed by atoms with E-state index >= 15 is 0 Å². The maximum absolute atomic E-state index is 13.4. The van der Waals surface area contributed by atoms with Crippen LogP contribution in [0.4, 0.5) is 0 Å². The summed E-state index contributed by atoms with van der Waals surface area (Å²) in [5.74, 6) is 1.34. The SMILES string of the molecule is [O-][S+]1CC2Cc3nc4c5c6c(c[nH]c6c6c7c8c(c(O)cc9c%10scc1c%10c2c(c3c57)c98)CC6)CC4. The number of pyridine rings is 1. The normalized spacial score (nSPS) is 21.5. The molecule has 4 nitrogen and oxygen atoms in total. The van der Waals surface area contributed by atoms with Crippen LogP contribution in [-0.4, -0.2) is 25.4 Å². The van der Waals surface area contributed by atoms with Crippen molar-refractivity contribution >= 4 is 86.6 Å². The molecule has 0 fully saturated rings. The van der Waals surface area contributed by atoms with Crippen molar-refractivity contribution in [3.63, 3.8) is 0 Å². The first-order valence-corrected chi connectivity index (χ1v) is 15.0. The minimum Gasteiger partial charge on any atom is -0.611 e. The Morgan fingerprint density at radius 1 is 0.917 bits per heavy atom. The molecule has 0 spiro atoms. The zero-order valence-corrected chi connectivity index (χ0v) is 20.8. The Morgan fingerprint density at radius 3 is 2.72 bits per heavy atom. The third-order valence-electron chi connectivity index (χ3n) is 9.82. The first kappa shape index (κ1) is 18.2. The van der Waals surface area contributed by atoms with Crippen molar-refractivity contribution in [3.8, 4) is 5.75 Å². The van der Waals surface area contributed by atoms with Gasteiger partial charge in [0.15, 0.2) is 4.90 Å². The Kier molecular flexibility index (Phi) is 2.76. The number of aromatic amines is 1. The summed E-state index contributed by atoms with van der Waals surface area (Å²) >= 11 is 0.709. The number of aryl methyl sites for hydroxylation is 4. The van der Waals surface area contributed by atoms with Gasteiger partial charge in [-0.25, -0.2) is 0 Å². The predicted octanol–water partition coefficient (Wildman–Crippen LogP) is 6.49. The van der Waals surface area contributed by atoms with Crippen LogP contribution in [-0.2, 0) is 43.3 Å². The average Bonchev–Trinajstić information content (AvgIpc) is 3.52. The number of H-pyrrole nitrogens is 1. The number of thiophene rings is 1. The van der Waals surface area contributed by atoms with Crippen LogP contribution in [0.2, 0.25) is 0 Å². The summed E-state index contributed by atoms with van der Waals surface area (Å²) in [4.78, 5) is 10.1. The number of fused-ring (bicyclic) bond motifs is 2. The Hall–Kier alpha value is -3.06. The second kappa shape index (κ2) is 5.44. The first-order chi connectivity index (χ1) is 17.7. The van der Waals surface area contributed by atoms with Crippen molar-refractivity contribution < 1.29 is 9.66 Å². The van der Waals surface area contributed by atoms with Crippen LogP contribution < -0.4 is 0 Å². The number of rotatable bonds is 0. The lowest BCUT2D eigenvalue weighted by Crippen LogP contribution is -2.25. The molecule has 1 aliphatic heterocycles. The van der Waals surface area contributed by atoms with E-state index in [2.05, 4.69) is 16.6 Å². The summed E-state index contributed by atoms with van der Waals surface area (Å²) in [5.41, 5.74) is 9.07. The van der Waals surface area contributed by atoms with E-state index in [0.29, 0.717) is 11.5 Å². The van der Waals surface area contributed by atoms with E-state index in [4.69, 9.17) is 4.98 Å². The molecule has 3 aromatic heterocycles. The summed E-state index contributed by atoms with van der Waals surface area (Å²) in [5, 5.41) is 26.6. The highest BCUT2D eigenvalue weighted by Gasteiger charge is 2.41. The van der Waals surface area contributed by atoms with Gasteiger partial charge in [0.25, 0.3) is 0 Å². The highest BCUT2D eigenvalue weighted by atomic mass is 32.2. The Balaban J connectivity index is 1.61. The maximum Gasteiger partial charge on any atom is 0.171 e. The average molecular weight is 503 g/mol. The fraction of sp³-hybridized carbons (Fsp3) is 0.233. The van der Waals surface area contributed by atoms with E-state index in [0.717, 1.165) is 47.9 Å². The van der Waals surface area contributed by atoms with Crippen LogP contribution in [0.1, 0.15) is 39.6 Å². The molecule has 2 N–H and O–H groups in total. The van der Waals surface area contributed by atoms with Crippen molar-refractivity contribution in [1.29, 1.82) is 0 Å². The Bertz CT molecular complexity index is 2260. The molecule has 3 aliphatic carbocycles. The van der Waals surface area contributed by atoms with Gasteiger partial charge in [0.2, 0.25) is 0 Å². The summed E-state index contributed by atoms with van der Waals surface area (Å²) in [6.07, 6.45) is 6.89. The van der Waals surface area contributed by atoms with Gasteiger partial charge in [-0.15, -0.1) is 11.3 Å². The zero-order chi connectivity index (χ0) is 23.2. The monoisotopic (exact) mass is 502 g/mol. The number of aromatic nitrogens is 2. The standard InChI is InChI=1S/C30H18N2O2S2/c33-17-6-14-23-21-12(17)2-3-13-22(21)28-24-15(4-1-10-7-31-29(13)20(10)24)32-16-5-11-9-36(34)18-8-35-30(14)26(18)19(11)27(23)25(16)28/h6-8,11,31,33H,1-5,9H2. The van der Waals surface area contributed by atoms with Gasteiger partial charge in [-0.1, -0.05) is 0 Å². The smallest absolute Gasteiger partial charge is 0.171 e. The van der Waals surface area contributed by atoms with Crippen LogP contribution >= 0.6 is 11.3 Å². The van der Waals surface area contributed by atoms with Crippen molar-refractivity contribution in [2.45, 2.75) is 42.9 Å². The number of nitrogens with one attached hydrogen (secondary N) is 1. The summed E-state index contributed by atoms with van der Waals surface area (Å²) < 4.78 is 14.6. The number of hydrogen-bond acceptors (Lipinski definition) is 4. The number of phenols is 1. The van der Waals surface area contributed by atoms with Gasteiger partial charge in [-0.2, -0.15) is 0 Å². The fourth-order valence-electron chi connectivity index (χ4n) is 8.61. The van der Waals surface area contributed by atoms with Crippen molar-refractivity contribution in [2.24, 2.45) is 0 Å². The third-order valence-corrected chi connectivity index (χ3v) is 12.5. The Morgan fingerprint density at radius 2 is 1.78 bits per heavy atom. The van der Waals surface area contributed by atoms with E-state index < -0.39 is 11.2 Å². The van der Waals surface area contributed by atoms with E-state index in [1.807, 2.05) is 6.07 Å². The minimum absolute atomic E-state index is 0.240. The van der Waals surface area contributed by atoms with Gasteiger partial charge < -0.3 is 14.6 Å². The molecule has 0 saturated heterocycles. The molecule has 7 aromatic rings. The van der Waals surface area contributed by atoms with Crippen LogP contribution in [0.5, 0.6) is 5.75 Å². The number of nitrogens with zero attached hydrogens (tertiary/aromatic N) is 1. The molecular formula is C30H18N2O2S2. The largest absolute Gasteiger partial charge is 0.611 e. The molecule has 172 valence electrons. The molecule has 4 heterocycles. The van der Waals surface area contributed by atoms with E-state index in [1.54, 1.807) is 11.3 Å². The van der Waals surface area contributed by atoms with Crippen molar-refractivity contribution in [1.82, 2.24) is 9.97 Å². The molecule has 0 saturated carbocycles. The van der Waals surface area contributed by atoms with Crippen LogP contribution in [0.25, 0.3) is 64.1 Å². The number of hydrogen-bond donors (Lipinski definition) is 2. The molecule has 4 aliphatic rings. The van der Waals surface area contributed by atoms with Gasteiger partial charge in [-0.05, 0) is 81.2 Å². The van der Waals surface area contributed by atoms with Crippen molar-refractivity contribution in [2.75, 3.05) is 5.75 Å². The summed E-state index contributed by atoms with van der Waals surface area (Å²) in [6, 6.07) is 2.01. The molecule has 0 bridgehead atoms. The predicted molar refractivity (Wildman–Crippen MR) is 147 cm³/mol. The second-order valence-electron chi connectivity index (χ2n) is 11.2. The lowest BCUT2D eigenvalue weighted by atomic mass is 9.72. The maximum atomic E-state index is 13.4. The zero-order valence-electron chi connectivity index (χ0n) is 19.2. The second-order valence-corrected chi connectivity index (χ2v) is 13.6. The molecular weight excluding hydrogens is 484 g/mol. The molecule has 4 aromatic carbocycles. The molecule has 0 radical (unpaired) electrons. The Labute approximate surface area is 211 Å². The van der Waals surface area contributed by atoms with Gasteiger partial charge >= 0.3 is 0 Å². The summed E-state index contributed by atoms with van der Waals surface area (Å²) in [6.45, 7) is 0. The molecule has 0 amide bonds. The van der Waals surface area contributed by atoms with Crippen molar-refractivity contribution in [3.05, 3.63) is 51.3 Å². The molecule has 6 heteroatoms. The quantitative estimate of drug-likeness (QED) is 0.141. The fourth-order valence-corrected chi connectivity index (χ4v) is 11.5. The van der Waals surface area contributed by atoms with Gasteiger partial charge in [0.05, 0.1) is 10.9 Å². The lowest BCUT2D eigenvalue weighted by molar-refractivity contribution is 0.470. The molecule has 2 atom stereocenters. The van der Waals surface area contributed by atoms with Crippen LogP contribution in [0, 0.1) is 0 Å². The minimum atomic E-state index is -0.994. The summed E-state index contributed by atoms with van der Waals surface area (Å²) in [7, 11) is 0. The van der Waals surface area contributed by atoms with E-state index in [9.17, 15) is 9.66 Å². The number of aromatic hydroxyl groups is 1. The van der Waals surface area contributed by atoms with Gasteiger partial charge in [0.1, 0.15) is 11.5 Å². The lowest BCUT2D eigenvalue weighted by Gasteiger charge is -2.34. The molecule has 11 rings (SSSR count). The topological polar surface area (TPSA) is 72.0 Å². The van der Waals surface area contributed by atoms with Gasteiger partial charge in [0, 0.05) is 72.5 Å². The van der Waals surface area contributed by atoms with Gasteiger partial charge in [-0.3, -0.25) is 4.98 Å².